The van der Waals surface area contributed by atoms with Crippen LogP contribution in [0.2, 0.25) is 0 Å². The van der Waals surface area contributed by atoms with E-state index in [0.29, 0.717) is 16.8 Å². The van der Waals surface area contributed by atoms with Crippen molar-refractivity contribution in [3.8, 4) is 12.1 Å². The van der Waals surface area contributed by atoms with Crippen molar-refractivity contribution in [2.24, 2.45) is 0 Å². The Morgan fingerprint density at radius 2 is 1.03 bits per heavy atom. The van der Waals surface area contributed by atoms with E-state index in [4.69, 9.17) is 17.1 Å². The lowest BCUT2D eigenvalue weighted by molar-refractivity contribution is 0.454. The molecule has 0 saturated heterocycles. The minimum atomic E-state index is -1.26. The minimum Gasteiger partial charge on any atom is -0.237 e. The van der Waals surface area contributed by atoms with Gasteiger partial charge in [0.25, 0.3) is 0 Å². The average molecular weight is 495 g/mol. The summed E-state index contributed by atoms with van der Waals surface area (Å²) in [5.41, 5.74) is 3.74. The first-order valence-electron chi connectivity index (χ1n) is 10.4. The highest BCUT2D eigenvalue weighted by molar-refractivity contribution is 6.32. The number of halogens is 4. The molecule has 0 amide bonds. The molecule has 3 nitrogen and oxygen atoms in total. The van der Waals surface area contributed by atoms with E-state index in [1.165, 1.54) is 0 Å². The van der Waals surface area contributed by atoms with Crippen LogP contribution in [0.4, 0.5) is 23.2 Å². The normalized spacial score (nSPS) is 9.81. The summed E-state index contributed by atoms with van der Waals surface area (Å²) in [5, 5.41) is 18.0. The zero-order valence-corrected chi connectivity index (χ0v) is 18.8. The third kappa shape index (κ3) is 5.81. The largest absolute Gasteiger partial charge is 0.237 e. The van der Waals surface area contributed by atoms with Gasteiger partial charge in [-0.2, -0.15) is 10.5 Å². The predicted octanol–water partition coefficient (Wildman–Crippen LogP) is 5.54. The number of hydrogen-bond acceptors (Lipinski definition) is 2. The first kappa shape index (κ1) is 26.6. The van der Waals surface area contributed by atoms with E-state index in [-0.39, 0.29) is 5.46 Å². The standard InChI is InChI=1S/C22H12N3.C7H6BF4/c1-25-21-12-10-20(11-13-21)22(18-6-2-16(14-23)3-7-18)19-8-4-17(15-24)5-9-19;1-2-4(9)6(11)3(8)7(12)5(2)10/h2-13H;1,8H3/q+1;-1. The second-order valence-electron chi connectivity index (χ2n) is 7.42. The second kappa shape index (κ2) is 11.6. The monoisotopic (exact) mass is 495 g/mol. The topological polar surface area (TPSA) is 51.9 Å². The van der Waals surface area contributed by atoms with Crippen LogP contribution in [0.15, 0.2) is 72.8 Å². The van der Waals surface area contributed by atoms with E-state index in [1.807, 2.05) is 36.4 Å². The zero-order valence-electron chi connectivity index (χ0n) is 18.8. The van der Waals surface area contributed by atoms with Crippen LogP contribution in [0.1, 0.15) is 33.4 Å². The molecule has 37 heavy (non-hydrogen) atoms. The van der Waals surface area contributed by atoms with Crippen LogP contribution in [0.3, 0.4) is 0 Å². The highest BCUT2D eigenvalue weighted by Crippen LogP contribution is 2.32. The summed E-state index contributed by atoms with van der Waals surface area (Å²) in [6.07, 6.45) is 0. The van der Waals surface area contributed by atoms with E-state index >= 15 is 0 Å². The Bertz CT molecular complexity index is 1300. The molecule has 0 saturated carbocycles. The van der Waals surface area contributed by atoms with Crippen LogP contribution >= 0.6 is 0 Å². The van der Waals surface area contributed by atoms with Crippen molar-refractivity contribution in [1.82, 2.24) is 0 Å². The maximum atomic E-state index is 12.7. The van der Waals surface area contributed by atoms with Gasteiger partial charge >= 0.3 is 0 Å². The smallest absolute Gasteiger partial charge is 0.198 e. The van der Waals surface area contributed by atoms with E-state index in [1.54, 1.807) is 36.4 Å². The van der Waals surface area contributed by atoms with Crippen LogP contribution in [0.25, 0.3) is 4.85 Å². The molecule has 4 aromatic carbocycles. The molecule has 0 N–H and O–H groups in total. The van der Waals surface area contributed by atoms with Crippen molar-refractivity contribution >= 4 is 19.0 Å². The molecule has 0 aliphatic rings. The van der Waals surface area contributed by atoms with Gasteiger partial charge in [-0.3, -0.25) is 0 Å². The van der Waals surface area contributed by atoms with E-state index < -0.39 is 36.7 Å². The maximum absolute atomic E-state index is 12.7. The molecule has 0 radical (unpaired) electrons. The first-order valence-corrected chi connectivity index (χ1v) is 10.4. The summed E-state index contributed by atoms with van der Waals surface area (Å²) in [6.45, 7) is 8.11. The molecule has 0 aromatic heterocycles. The first-order chi connectivity index (χ1) is 17.7. The third-order valence-electron chi connectivity index (χ3n) is 5.15. The molecule has 0 unspecified atom stereocenters. The average Bonchev–Trinajstić information content (AvgIpc) is 2.95. The predicted molar refractivity (Wildman–Crippen MR) is 136 cm³/mol. The van der Waals surface area contributed by atoms with Crippen LogP contribution in [0, 0.1) is 65.3 Å². The molecule has 0 spiro atoms. The Hall–Kier alpha value is -5.00. The van der Waals surface area contributed by atoms with Gasteiger partial charge in [0.15, 0.2) is 17.3 Å². The number of rotatable bonds is 3. The molecule has 0 bridgehead atoms. The minimum absolute atomic E-state index is 0.379. The van der Waals surface area contributed by atoms with Gasteiger partial charge in [0.1, 0.15) is 23.8 Å². The lowest BCUT2D eigenvalue weighted by Gasteiger charge is -2.13. The van der Waals surface area contributed by atoms with Gasteiger partial charge in [0.2, 0.25) is 0 Å². The van der Waals surface area contributed by atoms with Gasteiger partial charge in [-0.25, -0.2) is 22.4 Å². The quantitative estimate of drug-likeness (QED) is 0.123. The van der Waals surface area contributed by atoms with Crippen LogP contribution in [0.5, 0.6) is 0 Å². The van der Waals surface area contributed by atoms with Gasteiger partial charge in [-0.1, -0.05) is 0 Å². The highest BCUT2D eigenvalue weighted by atomic mass is 19.2. The fourth-order valence-corrected chi connectivity index (χ4v) is 3.26. The number of nitriles is 2. The van der Waals surface area contributed by atoms with E-state index in [9.17, 15) is 17.6 Å². The molecule has 0 aliphatic heterocycles. The fraction of sp³-hybridized carbons (Fsp3) is 0.0345. The SMILES string of the molecule is [BH3-]c1c(F)c(F)c(C)c(F)c1F.[C-]#[N+]c1ccc([C+](c2ccc(C#N)cc2)c2ccc(C#N)cc2)cc1. The van der Waals surface area contributed by atoms with Crippen molar-refractivity contribution in [1.29, 1.82) is 10.5 Å². The molecule has 8 heteroatoms. The fourth-order valence-electron chi connectivity index (χ4n) is 3.26. The van der Waals surface area contributed by atoms with Crippen molar-refractivity contribution in [3.63, 3.8) is 0 Å². The Morgan fingerprint density at radius 1 is 0.676 bits per heavy atom. The summed E-state index contributed by atoms with van der Waals surface area (Å²) in [6, 6.07) is 26.4. The van der Waals surface area contributed by atoms with Crippen molar-refractivity contribution in [2.45, 2.75) is 6.92 Å². The van der Waals surface area contributed by atoms with Gasteiger partial charge in [-0.05, 0) is 87.6 Å². The zero-order chi connectivity index (χ0) is 27.1. The molecule has 4 aromatic rings. The summed E-state index contributed by atoms with van der Waals surface area (Å²) in [4.78, 5) is 3.43. The lowest BCUT2D eigenvalue weighted by atomic mass is 9.84. The summed E-state index contributed by atoms with van der Waals surface area (Å²) in [7, 11) is -0.888. The van der Waals surface area contributed by atoms with Gasteiger partial charge < -0.3 is 0 Å². The highest BCUT2D eigenvalue weighted by Gasteiger charge is 2.22. The van der Waals surface area contributed by atoms with Crippen molar-refractivity contribution in [3.05, 3.63) is 147 Å². The van der Waals surface area contributed by atoms with E-state index in [2.05, 4.69) is 17.0 Å². The van der Waals surface area contributed by atoms with E-state index in [0.717, 1.165) is 29.5 Å². The number of benzene rings is 4. The molecule has 0 atom stereocenters. The third-order valence-corrected chi connectivity index (χ3v) is 5.15. The molecular weight excluding hydrogens is 477 g/mol. The maximum Gasteiger partial charge on any atom is 0.198 e. The van der Waals surface area contributed by atoms with Crippen molar-refractivity contribution in [2.75, 3.05) is 0 Å². The number of hydrogen-bond donors (Lipinski definition) is 0. The molecule has 180 valence electrons. The Kier molecular flexibility index (Phi) is 8.36. The van der Waals surface area contributed by atoms with Gasteiger partial charge in [0.05, 0.1) is 40.3 Å². The Labute approximate surface area is 213 Å². The summed E-state index contributed by atoms with van der Waals surface area (Å²) >= 11 is 0. The van der Waals surface area contributed by atoms with Gasteiger partial charge in [-0.15, -0.1) is 5.46 Å². The molecular formula is C29H18BF4N3. The second-order valence-corrected chi connectivity index (χ2v) is 7.42. The Balaban J connectivity index is 0.000000266. The molecule has 0 aliphatic carbocycles. The summed E-state index contributed by atoms with van der Waals surface area (Å²) < 4.78 is 50.8. The van der Waals surface area contributed by atoms with Crippen LogP contribution in [-0.4, -0.2) is 7.85 Å². The Morgan fingerprint density at radius 3 is 1.35 bits per heavy atom. The van der Waals surface area contributed by atoms with Crippen LogP contribution < -0.4 is 5.46 Å². The summed E-state index contributed by atoms with van der Waals surface area (Å²) in [5.74, 6) is -3.97. The lowest BCUT2D eigenvalue weighted by Crippen LogP contribution is -2.19. The number of nitrogens with zero attached hydrogens (tertiary/aromatic N) is 3. The molecule has 0 heterocycles. The molecule has 4 rings (SSSR count). The van der Waals surface area contributed by atoms with Gasteiger partial charge in [0, 0.05) is 5.56 Å². The van der Waals surface area contributed by atoms with Crippen molar-refractivity contribution < 1.29 is 17.6 Å². The van der Waals surface area contributed by atoms with Crippen LogP contribution in [-0.2, 0) is 0 Å². The molecule has 0 fully saturated rings.